The molecule has 1 saturated heterocycles. The number of hydrogen-bond donors (Lipinski definition) is 0. The van der Waals surface area contributed by atoms with Crippen molar-refractivity contribution in [3.8, 4) is 0 Å². The molecule has 1 fully saturated rings. The molecule has 5 nitrogen and oxygen atoms in total. The topological polar surface area (TPSA) is 45.5 Å². The highest BCUT2D eigenvalue weighted by Gasteiger charge is 2.23. The van der Waals surface area contributed by atoms with Crippen LogP contribution in [-0.2, 0) is 10.0 Å². The van der Waals surface area contributed by atoms with Crippen LogP contribution >= 0.6 is 12.4 Å². The monoisotopic (exact) mass is 437 g/mol. The first-order valence-electron chi connectivity index (χ1n) is 9.59. The summed E-state index contributed by atoms with van der Waals surface area (Å²) in [5, 5.41) is 0.895. The van der Waals surface area contributed by atoms with Crippen LogP contribution in [0.25, 0.3) is 10.9 Å². The number of aromatic nitrogens is 1. The van der Waals surface area contributed by atoms with Crippen molar-refractivity contribution >= 4 is 39.0 Å². The van der Waals surface area contributed by atoms with Crippen molar-refractivity contribution in [1.29, 1.82) is 0 Å². The molecule has 0 bridgehead atoms. The average Bonchev–Trinajstić information content (AvgIpc) is 3.14. The third kappa shape index (κ3) is 4.13. The van der Waals surface area contributed by atoms with E-state index >= 15 is 0 Å². The summed E-state index contributed by atoms with van der Waals surface area (Å²) in [5.74, 6) is -0.567. The lowest BCUT2D eigenvalue weighted by Crippen LogP contribution is -2.46. The van der Waals surface area contributed by atoms with Gasteiger partial charge in [0.15, 0.2) is 0 Å². The highest BCUT2D eigenvalue weighted by Crippen LogP contribution is 2.31. The fourth-order valence-electron chi connectivity index (χ4n) is 3.88. The first-order chi connectivity index (χ1) is 13.5. The number of nitrogens with zero attached hydrogens (tertiary/aromatic N) is 3. The maximum Gasteiger partial charge on any atom is 0.268 e. The number of benzene rings is 2. The largest absolute Gasteiger partial charge is 0.368 e. The van der Waals surface area contributed by atoms with Gasteiger partial charge in [0.05, 0.1) is 10.4 Å². The normalized spacial score (nSPS) is 15.4. The Morgan fingerprint density at radius 2 is 1.72 bits per heavy atom. The average molecular weight is 438 g/mol. The molecule has 0 aliphatic carbocycles. The van der Waals surface area contributed by atoms with Gasteiger partial charge in [0.1, 0.15) is 5.82 Å². The van der Waals surface area contributed by atoms with Crippen molar-refractivity contribution < 1.29 is 12.8 Å². The summed E-state index contributed by atoms with van der Waals surface area (Å²) in [4.78, 5) is 4.72. The van der Waals surface area contributed by atoms with Gasteiger partial charge in [0.25, 0.3) is 10.0 Å². The van der Waals surface area contributed by atoms with Gasteiger partial charge in [-0.05, 0) is 49.4 Å². The van der Waals surface area contributed by atoms with E-state index in [-0.39, 0.29) is 17.3 Å². The van der Waals surface area contributed by atoms with Gasteiger partial charge in [-0.2, -0.15) is 0 Å². The quantitative estimate of drug-likeness (QED) is 0.605. The van der Waals surface area contributed by atoms with E-state index in [0.717, 1.165) is 56.3 Å². The van der Waals surface area contributed by atoms with Crippen molar-refractivity contribution in [1.82, 2.24) is 8.87 Å². The summed E-state index contributed by atoms with van der Waals surface area (Å²) in [6.07, 6.45) is 2.71. The molecule has 2 heterocycles. The van der Waals surface area contributed by atoms with Gasteiger partial charge in [0.2, 0.25) is 0 Å². The minimum absolute atomic E-state index is 0. The van der Waals surface area contributed by atoms with Crippen LogP contribution in [0.15, 0.2) is 59.6 Å². The second-order valence-electron chi connectivity index (χ2n) is 7.11. The lowest BCUT2D eigenvalue weighted by atomic mass is 10.1. The number of rotatable bonds is 5. The Kier molecular flexibility index (Phi) is 6.51. The van der Waals surface area contributed by atoms with Gasteiger partial charge in [-0.1, -0.05) is 19.1 Å². The molecular formula is C21H25ClFN3O2S. The van der Waals surface area contributed by atoms with E-state index < -0.39 is 15.8 Å². The van der Waals surface area contributed by atoms with E-state index in [4.69, 9.17) is 0 Å². The van der Waals surface area contributed by atoms with Crippen LogP contribution in [0.3, 0.4) is 0 Å². The van der Waals surface area contributed by atoms with Crippen molar-refractivity contribution in [3.05, 3.63) is 60.5 Å². The zero-order valence-corrected chi connectivity index (χ0v) is 17.9. The fraction of sp³-hybridized carbons (Fsp3) is 0.333. The molecule has 0 spiro atoms. The van der Waals surface area contributed by atoms with Gasteiger partial charge in [-0.25, -0.2) is 16.8 Å². The highest BCUT2D eigenvalue weighted by atomic mass is 35.5. The smallest absolute Gasteiger partial charge is 0.268 e. The summed E-state index contributed by atoms with van der Waals surface area (Å²) < 4.78 is 40.9. The van der Waals surface area contributed by atoms with Gasteiger partial charge in [-0.15, -0.1) is 12.4 Å². The summed E-state index contributed by atoms with van der Waals surface area (Å²) in [6, 6.07) is 12.7. The lowest BCUT2D eigenvalue weighted by molar-refractivity contribution is 0.258. The molecule has 1 aromatic heterocycles. The van der Waals surface area contributed by atoms with E-state index in [1.165, 1.54) is 22.2 Å². The number of anilines is 1. The summed E-state index contributed by atoms with van der Waals surface area (Å²) in [6.45, 7) is 7.15. The van der Waals surface area contributed by atoms with E-state index in [0.29, 0.717) is 5.52 Å². The molecule has 1 aliphatic rings. The van der Waals surface area contributed by atoms with Gasteiger partial charge in [-0.3, -0.25) is 4.90 Å². The Hall–Kier alpha value is -2.09. The molecule has 2 aromatic carbocycles. The second kappa shape index (κ2) is 8.73. The lowest BCUT2D eigenvalue weighted by Gasteiger charge is -2.36. The first-order valence-corrected chi connectivity index (χ1v) is 11.0. The Labute approximate surface area is 177 Å². The zero-order valence-electron chi connectivity index (χ0n) is 16.3. The van der Waals surface area contributed by atoms with Crippen molar-refractivity contribution in [2.24, 2.45) is 0 Å². The minimum atomic E-state index is -3.86. The van der Waals surface area contributed by atoms with Crippen molar-refractivity contribution in [2.45, 2.75) is 18.2 Å². The minimum Gasteiger partial charge on any atom is -0.368 e. The third-order valence-electron chi connectivity index (χ3n) is 5.28. The maximum absolute atomic E-state index is 13.6. The van der Waals surface area contributed by atoms with Crippen LogP contribution in [0.4, 0.5) is 10.1 Å². The summed E-state index contributed by atoms with van der Waals surface area (Å²) in [7, 11) is -3.86. The molecule has 0 radical (unpaired) electrons. The van der Waals surface area contributed by atoms with Gasteiger partial charge in [0, 0.05) is 43.4 Å². The van der Waals surface area contributed by atoms with E-state index in [1.54, 1.807) is 12.3 Å². The predicted molar refractivity (Wildman–Crippen MR) is 117 cm³/mol. The third-order valence-corrected chi connectivity index (χ3v) is 6.97. The molecule has 8 heteroatoms. The molecule has 0 unspecified atom stereocenters. The molecule has 0 saturated carbocycles. The summed E-state index contributed by atoms with van der Waals surface area (Å²) in [5.41, 5.74) is 1.65. The number of piperazine rings is 1. The number of halogens is 2. The maximum atomic E-state index is 13.6. The van der Waals surface area contributed by atoms with Crippen LogP contribution in [0.2, 0.25) is 0 Å². The van der Waals surface area contributed by atoms with Crippen LogP contribution in [-0.4, -0.2) is 50.0 Å². The van der Waals surface area contributed by atoms with E-state index in [1.807, 2.05) is 18.2 Å². The highest BCUT2D eigenvalue weighted by molar-refractivity contribution is 7.90. The molecule has 3 aromatic rings. The van der Waals surface area contributed by atoms with Crippen LogP contribution in [0.5, 0.6) is 0 Å². The Morgan fingerprint density at radius 1 is 1.00 bits per heavy atom. The Balaban J connectivity index is 0.00000240. The molecule has 4 rings (SSSR count). The van der Waals surface area contributed by atoms with Gasteiger partial charge >= 0.3 is 0 Å². The van der Waals surface area contributed by atoms with Crippen LogP contribution < -0.4 is 4.90 Å². The van der Waals surface area contributed by atoms with Crippen LogP contribution in [0, 0.1) is 5.82 Å². The fourth-order valence-corrected chi connectivity index (χ4v) is 5.26. The molecular weight excluding hydrogens is 413 g/mol. The van der Waals surface area contributed by atoms with E-state index in [9.17, 15) is 12.8 Å². The summed E-state index contributed by atoms with van der Waals surface area (Å²) >= 11 is 0. The molecule has 1 aliphatic heterocycles. The first kappa shape index (κ1) is 21.6. The zero-order chi connectivity index (χ0) is 19.7. The number of fused-ring (bicyclic) bond motifs is 1. The standard InChI is InChI=1S/C21H24FN3O2S.ClH/c1-2-10-23-12-14-24(15-13-23)20-7-4-8-21-19(20)9-11-25(21)28(26,27)18-6-3-5-17(22)16-18;/h3-9,11,16H,2,10,12-15H2,1H3;1H. The van der Waals surface area contributed by atoms with Crippen LogP contribution in [0.1, 0.15) is 13.3 Å². The molecule has 0 N–H and O–H groups in total. The second-order valence-corrected chi connectivity index (χ2v) is 8.93. The van der Waals surface area contributed by atoms with Crippen molar-refractivity contribution in [3.63, 3.8) is 0 Å². The molecule has 29 heavy (non-hydrogen) atoms. The van der Waals surface area contributed by atoms with E-state index in [2.05, 4.69) is 16.7 Å². The predicted octanol–water partition coefficient (Wildman–Crippen LogP) is 3.97. The molecule has 156 valence electrons. The SMILES string of the molecule is CCCN1CCN(c2cccc3c2ccn3S(=O)(=O)c2cccc(F)c2)CC1.Cl. The Bertz CT molecular complexity index is 1090. The Morgan fingerprint density at radius 3 is 2.41 bits per heavy atom. The molecule has 0 atom stereocenters. The number of hydrogen-bond acceptors (Lipinski definition) is 4. The van der Waals surface area contributed by atoms with Gasteiger partial charge < -0.3 is 4.90 Å². The van der Waals surface area contributed by atoms with Crippen molar-refractivity contribution in [2.75, 3.05) is 37.6 Å². The molecule has 0 amide bonds.